The van der Waals surface area contributed by atoms with Crippen molar-refractivity contribution in [2.24, 2.45) is 0 Å². The van der Waals surface area contributed by atoms with Gasteiger partial charge in [0.2, 0.25) is 0 Å². The number of rotatable bonds is 4. The van der Waals surface area contributed by atoms with Gasteiger partial charge in [0.05, 0.1) is 16.2 Å². The zero-order valence-corrected chi connectivity index (χ0v) is 17.5. The lowest BCUT2D eigenvalue weighted by Crippen LogP contribution is -2.33. The Hall–Kier alpha value is -2.74. The Bertz CT molecular complexity index is 1000. The number of nitrogens with zero attached hydrogens (tertiary/aromatic N) is 1. The van der Waals surface area contributed by atoms with Crippen LogP contribution in [0.4, 0.5) is 18.9 Å². The fourth-order valence-corrected chi connectivity index (χ4v) is 3.96. The van der Waals surface area contributed by atoms with Gasteiger partial charge in [-0.25, -0.2) is 0 Å². The van der Waals surface area contributed by atoms with E-state index >= 15 is 0 Å². The van der Waals surface area contributed by atoms with E-state index in [0.717, 1.165) is 23.4 Å². The van der Waals surface area contributed by atoms with E-state index < -0.39 is 11.7 Å². The maximum absolute atomic E-state index is 12.8. The summed E-state index contributed by atoms with van der Waals surface area (Å²) in [6, 6.07) is 9.84. The SMILES string of the molecule is CCC(C)NC(=O)c1ccc2c(c1)N(C)C(=O)C(=Cc1ccc(C(F)(F)F)cc1)S2. The third-order valence-corrected chi connectivity index (χ3v) is 5.92. The molecule has 0 saturated carbocycles. The van der Waals surface area contributed by atoms with E-state index in [1.165, 1.54) is 28.8 Å². The Morgan fingerprint density at radius 3 is 2.47 bits per heavy atom. The highest BCUT2D eigenvalue weighted by Gasteiger charge is 2.30. The van der Waals surface area contributed by atoms with E-state index in [2.05, 4.69) is 5.32 Å². The second kappa shape index (κ2) is 8.55. The lowest BCUT2D eigenvalue weighted by Gasteiger charge is -2.27. The van der Waals surface area contributed by atoms with E-state index in [-0.39, 0.29) is 17.9 Å². The van der Waals surface area contributed by atoms with Crippen LogP contribution in [-0.4, -0.2) is 24.9 Å². The van der Waals surface area contributed by atoms with Crippen molar-refractivity contribution >= 4 is 35.3 Å². The number of fused-ring (bicyclic) bond motifs is 1. The fraction of sp³-hybridized carbons (Fsp3) is 0.273. The third-order valence-electron chi connectivity index (χ3n) is 4.84. The predicted molar refractivity (Wildman–Crippen MR) is 112 cm³/mol. The van der Waals surface area contributed by atoms with Crippen molar-refractivity contribution in [1.82, 2.24) is 5.32 Å². The number of anilines is 1. The van der Waals surface area contributed by atoms with Crippen LogP contribution in [0.5, 0.6) is 0 Å². The molecule has 0 saturated heterocycles. The Morgan fingerprint density at radius 1 is 1.20 bits per heavy atom. The van der Waals surface area contributed by atoms with Crippen molar-refractivity contribution in [3.63, 3.8) is 0 Å². The molecule has 1 N–H and O–H groups in total. The van der Waals surface area contributed by atoms with Gasteiger partial charge < -0.3 is 10.2 Å². The number of nitrogens with one attached hydrogen (secondary N) is 1. The fourth-order valence-electron chi connectivity index (χ4n) is 2.86. The summed E-state index contributed by atoms with van der Waals surface area (Å²) in [5.74, 6) is -0.490. The number of carbonyl (C=O) groups excluding carboxylic acids is 2. The molecule has 1 heterocycles. The van der Waals surface area contributed by atoms with Crippen LogP contribution in [0.1, 0.15) is 41.8 Å². The topological polar surface area (TPSA) is 49.4 Å². The number of hydrogen-bond donors (Lipinski definition) is 1. The maximum Gasteiger partial charge on any atom is 0.416 e. The average molecular weight is 434 g/mol. The van der Waals surface area contributed by atoms with Gasteiger partial charge in [0.15, 0.2) is 0 Å². The van der Waals surface area contributed by atoms with E-state index in [1.54, 1.807) is 31.3 Å². The van der Waals surface area contributed by atoms with Crippen LogP contribution in [0.15, 0.2) is 52.3 Å². The molecule has 0 aliphatic carbocycles. The quantitative estimate of drug-likeness (QED) is 0.661. The van der Waals surface area contributed by atoms with Crippen LogP contribution in [0.25, 0.3) is 6.08 Å². The number of halogens is 3. The first-order valence-electron chi connectivity index (χ1n) is 9.40. The number of benzene rings is 2. The van der Waals surface area contributed by atoms with Crippen molar-refractivity contribution in [2.45, 2.75) is 37.4 Å². The summed E-state index contributed by atoms with van der Waals surface area (Å²) in [5, 5.41) is 2.89. The van der Waals surface area contributed by atoms with Gasteiger partial charge in [-0.3, -0.25) is 9.59 Å². The van der Waals surface area contributed by atoms with Gasteiger partial charge >= 0.3 is 6.18 Å². The molecule has 0 radical (unpaired) electrons. The molecule has 2 aromatic rings. The van der Waals surface area contributed by atoms with Gasteiger partial charge in [0.1, 0.15) is 0 Å². The number of hydrogen-bond acceptors (Lipinski definition) is 3. The van der Waals surface area contributed by atoms with E-state index in [9.17, 15) is 22.8 Å². The van der Waals surface area contributed by atoms with Gasteiger partial charge in [0, 0.05) is 23.5 Å². The van der Waals surface area contributed by atoms with Gasteiger partial charge in [-0.15, -0.1) is 0 Å². The summed E-state index contributed by atoms with van der Waals surface area (Å²) in [6.07, 6.45) is -2.03. The molecule has 0 aromatic heterocycles. The highest BCUT2D eigenvalue weighted by Crippen LogP contribution is 2.42. The predicted octanol–water partition coefficient (Wildman–Crippen LogP) is 5.34. The average Bonchev–Trinajstić information content (AvgIpc) is 2.71. The molecule has 2 aromatic carbocycles. The molecule has 1 aliphatic rings. The first kappa shape index (κ1) is 22.0. The summed E-state index contributed by atoms with van der Waals surface area (Å²) in [5.41, 5.74) is 0.842. The van der Waals surface area contributed by atoms with Crippen LogP contribution >= 0.6 is 11.8 Å². The lowest BCUT2D eigenvalue weighted by molar-refractivity contribution is -0.137. The van der Waals surface area contributed by atoms with Crippen LogP contribution < -0.4 is 10.2 Å². The maximum atomic E-state index is 12.8. The minimum atomic E-state index is -4.40. The van der Waals surface area contributed by atoms with Crippen molar-refractivity contribution in [1.29, 1.82) is 0 Å². The van der Waals surface area contributed by atoms with Crippen molar-refractivity contribution in [2.75, 3.05) is 11.9 Å². The van der Waals surface area contributed by atoms with Crippen LogP contribution in [-0.2, 0) is 11.0 Å². The van der Waals surface area contributed by atoms with Crippen LogP contribution in [0, 0.1) is 0 Å². The zero-order valence-electron chi connectivity index (χ0n) is 16.7. The largest absolute Gasteiger partial charge is 0.416 e. The molecule has 0 bridgehead atoms. The minimum Gasteiger partial charge on any atom is -0.350 e. The van der Waals surface area contributed by atoms with Crippen molar-refractivity contribution < 1.29 is 22.8 Å². The molecule has 2 amide bonds. The Kier molecular flexibility index (Phi) is 6.26. The molecular weight excluding hydrogens is 413 g/mol. The molecule has 1 unspecified atom stereocenters. The van der Waals surface area contributed by atoms with Crippen LogP contribution in [0.3, 0.4) is 0 Å². The monoisotopic (exact) mass is 434 g/mol. The summed E-state index contributed by atoms with van der Waals surface area (Å²) in [7, 11) is 1.61. The first-order valence-corrected chi connectivity index (χ1v) is 10.2. The molecule has 158 valence electrons. The number of alkyl halides is 3. The van der Waals surface area contributed by atoms with E-state index in [0.29, 0.717) is 21.7 Å². The first-order chi connectivity index (χ1) is 14.1. The summed E-state index contributed by atoms with van der Waals surface area (Å²) in [6.45, 7) is 3.89. The second-order valence-corrected chi connectivity index (χ2v) is 8.14. The molecule has 1 atom stereocenters. The van der Waals surface area contributed by atoms with Gasteiger partial charge in [-0.1, -0.05) is 30.8 Å². The Morgan fingerprint density at radius 2 is 1.87 bits per heavy atom. The molecule has 8 heteroatoms. The molecule has 30 heavy (non-hydrogen) atoms. The molecule has 0 fully saturated rings. The highest BCUT2D eigenvalue weighted by molar-refractivity contribution is 8.04. The Labute approximate surface area is 177 Å². The molecular formula is C22H21F3N2O2S. The number of carbonyl (C=O) groups is 2. The molecule has 4 nitrogen and oxygen atoms in total. The van der Waals surface area contributed by atoms with E-state index in [1.807, 2.05) is 13.8 Å². The zero-order chi connectivity index (χ0) is 22.1. The summed E-state index contributed by atoms with van der Waals surface area (Å²) < 4.78 is 38.2. The van der Waals surface area contributed by atoms with Crippen molar-refractivity contribution in [3.05, 3.63) is 64.1 Å². The van der Waals surface area contributed by atoms with E-state index in [4.69, 9.17) is 0 Å². The van der Waals surface area contributed by atoms with Gasteiger partial charge in [-0.2, -0.15) is 13.2 Å². The Balaban J connectivity index is 1.86. The standard InChI is InChI=1S/C22H21F3N2O2S/c1-4-13(2)26-20(28)15-7-10-18-17(12-15)27(3)21(29)19(30-18)11-14-5-8-16(9-6-14)22(23,24)25/h5-13H,4H2,1-3H3,(H,26,28). The summed E-state index contributed by atoms with van der Waals surface area (Å²) in [4.78, 5) is 27.8. The van der Waals surface area contributed by atoms with Crippen molar-refractivity contribution in [3.8, 4) is 0 Å². The van der Waals surface area contributed by atoms with Gasteiger partial charge in [0.25, 0.3) is 11.8 Å². The van der Waals surface area contributed by atoms with Gasteiger partial charge in [-0.05, 0) is 55.3 Å². The third kappa shape index (κ3) is 4.70. The molecule has 3 rings (SSSR count). The highest BCUT2D eigenvalue weighted by atomic mass is 32.2. The number of amides is 2. The number of thioether (sulfide) groups is 1. The minimum absolute atomic E-state index is 0.0422. The molecule has 0 spiro atoms. The number of likely N-dealkylation sites (N-methyl/N-ethyl adjacent to an activating group) is 1. The smallest absolute Gasteiger partial charge is 0.350 e. The molecule has 1 aliphatic heterocycles. The second-order valence-electron chi connectivity index (χ2n) is 7.06. The lowest BCUT2D eigenvalue weighted by atomic mass is 10.1. The normalized spacial score (nSPS) is 16.4. The van der Waals surface area contributed by atoms with Crippen LogP contribution in [0.2, 0.25) is 0 Å². The summed E-state index contributed by atoms with van der Waals surface area (Å²) >= 11 is 1.23.